The third-order valence-electron chi connectivity index (χ3n) is 5.33. The Kier molecular flexibility index (Phi) is 6.85. The van der Waals surface area contributed by atoms with Gasteiger partial charge in [0.2, 0.25) is 0 Å². The molecule has 2 N–H and O–H groups in total. The van der Waals surface area contributed by atoms with E-state index in [1.807, 2.05) is 41.8 Å². The fourth-order valence-corrected chi connectivity index (χ4v) is 4.94. The van der Waals surface area contributed by atoms with Crippen LogP contribution in [0.15, 0.2) is 47.4 Å². The van der Waals surface area contributed by atoms with Crippen molar-refractivity contribution in [1.82, 2.24) is 9.88 Å². The highest BCUT2D eigenvalue weighted by Gasteiger charge is 2.29. The Bertz CT molecular complexity index is 1250. The average Bonchev–Trinajstić information content (AvgIpc) is 3.26. The van der Waals surface area contributed by atoms with Crippen molar-refractivity contribution in [2.75, 3.05) is 19.0 Å². The number of esters is 1. The smallest absolute Gasteiger partial charge is 0.325 e. The summed E-state index contributed by atoms with van der Waals surface area (Å²) in [5.74, 6) is 0.151. The van der Waals surface area contributed by atoms with Crippen LogP contribution in [-0.2, 0) is 20.9 Å². The Morgan fingerprint density at radius 2 is 2.09 bits per heavy atom. The van der Waals surface area contributed by atoms with Crippen molar-refractivity contribution in [3.63, 3.8) is 0 Å². The van der Waals surface area contributed by atoms with Gasteiger partial charge in [0.15, 0.2) is 5.50 Å². The van der Waals surface area contributed by atoms with Crippen LogP contribution in [0.4, 0.5) is 5.69 Å². The van der Waals surface area contributed by atoms with Gasteiger partial charge < -0.3 is 24.7 Å². The number of nitrogens with one attached hydrogen (secondary N) is 2. The van der Waals surface area contributed by atoms with Gasteiger partial charge >= 0.3 is 5.97 Å². The van der Waals surface area contributed by atoms with Crippen LogP contribution >= 0.6 is 23.4 Å². The minimum atomic E-state index is -0.385. The number of carbonyl (C=O) groups is 2. The number of anilines is 1. The highest BCUT2D eigenvalue weighted by atomic mass is 35.5. The second-order valence-electron chi connectivity index (χ2n) is 7.38. The number of amides is 1. The summed E-state index contributed by atoms with van der Waals surface area (Å²) < 4.78 is 12.4. The number of aromatic nitrogens is 1. The quantitative estimate of drug-likeness (QED) is 0.370. The summed E-state index contributed by atoms with van der Waals surface area (Å²) in [5, 5.41) is 7.72. The molecule has 0 radical (unpaired) electrons. The van der Waals surface area contributed by atoms with Crippen molar-refractivity contribution in [3.8, 4) is 5.75 Å². The molecule has 0 aliphatic carbocycles. The number of hydrogen-bond donors (Lipinski definition) is 2. The first-order valence-corrected chi connectivity index (χ1v) is 11.7. The fourth-order valence-electron chi connectivity index (χ4n) is 3.81. The van der Waals surface area contributed by atoms with Gasteiger partial charge in [0, 0.05) is 27.2 Å². The molecule has 0 saturated carbocycles. The summed E-state index contributed by atoms with van der Waals surface area (Å²) in [6, 6.07) is 13.1. The zero-order chi connectivity index (χ0) is 23.5. The predicted molar refractivity (Wildman–Crippen MR) is 132 cm³/mol. The van der Waals surface area contributed by atoms with Gasteiger partial charge in [0.1, 0.15) is 12.3 Å². The molecule has 1 amide bonds. The maximum Gasteiger partial charge on any atom is 0.325 e. The minimum absolute atomic E-state index is 0.113. The summed E-state index contributed by atoms with van der Waals surface area (Å²) in [6.45, 7) is 4.17. The molecule has 2 heterocycles. The van der Waals surface area contributed by atoms with Gasteiger partial charge in [-0.05, 0) is 44.2 Å². The minimum Gasteiger partial charge on any atom is -0.495 e. The standard InChI is InChI=1S/C24H24ClN3O4S/c1-4-32-22(29)13-28-14(2)17(16-7-5-6-8-19(16)28)12-21-23(30)27-24(33-21)26-18-11-15(25)9-10-20(18)31-3/h5-12,24,26H,4,13H2,1-3H3,(H,27,30)/b21-12-. The van der Waals surface area contributed by atoms with Gasteiger partial charge in [-0.3, -0.25) is 9.59 Å². The lowest BCUT2D eigenvalue weighted by Crippen LogP contribution is -2.31. The largest absolute Gasteiger partial charge is 0.495 e. The Labute approximate surface area is 201 Å². The topological polar surface area (TPSA) is 81.6 Å². The summed E-state index contributed by atoms with van der Waals surface area (Å²) in [5.41, 5.74) is 3.00. The molecule has 1 fully saturated rings. The SMILES string of the molecule is CCOC(=O)Cn1c(C)c(/C=C2\SC(Nc3cc(Cl)ccc3OC)NC2=O)c2ccccc21. The Balaban J connectivity index is 1.64. The van der Waals surface area contributed by atoms with Crippen LogP contribution in [-0.4, -0.2) is 35.7 Å². The van der Waals surface area contributed by atoms with Crippen molar-refractivity contribution in [3.05, 3.63) is 63.6 Å². The molecule has 2 aromatic carbocycles. The lowest BCUT2D eigenvalue weighted by molar-refractivity contribution is -0.143. The van der Waals surface area contributed by atoms with Crippen LogP contribution in [0.25, 0.3) is 17.0 Å². The first-order valence-electron chi connectivity index (χ1n) is 10.4. The van der Waals surface area contributed by atoms with Crippen molar-refractivity contribution < 1.29 is 19.1 Å². The molecule has 1 aliphatic heterocycles. The average molecular weight is 486 g/mol. The number of para-hydroxylation sites is 1. The maximum absolute atomic E-state index is 12.7. The Morgan fingerprint density at radius 1 is 1.30 bits per heavy atom. The highest BCUT2D eigenvalue weighted by Crippen LogP contribution is 2.36. The number of thioether (sulfide) groups is 1. The first-order chi connectivity index (χ1) is 15.9. The molecular formula is C24H24ClN3O4S. The first kappa shape index (κ1) is 23.1. The molecule has 172 valence electrons. The monoisotopic (exact) mass is 485 g/mol. The Hall–Kier alpha value is -3.10. The van der Waals surface area contributed by atoms with E-state index < -0.39 is 0 Å². The van der Waals surface area contributed by atoms with E-state index in [1.165, 1.54) is 11.8 Å². The van der Waals surface area contributed by atoms with E-state index in [2.05, 4.69) is 10.6 Å². The lowest BCUT2D eigenvalue weighted by Gasteiger charge is -2.15. The molecule has 9 heteroatoms. The van der Waals surface area contributed by atoms with Crippen molar-refractivity contribution >= 4 is 57.9 Å². The molecule has 1 atom stereocenters. The van der Waals surface area contributed by atoms with Crippen LogP contribution < -0.4 is 15.4 Å². The zero-order valence-electron chi connectivity index (χ0n) is 18.5. The summed E-state index contributed by atoms with van der Waals surface area (Å²) >= 11 is 7.49. The number of nitrogens with zero attached hydrogens (tertiary/aromatic N) is 1. The van der Waals surface area contributed by atoms with Gasteiger partial charge in [-0.25, -0.2) is 0 Å². The molecule has 4 rings (SSSR count). The van der Waals surface area contributed by atoms with Crippen LogP contribution in [0.1, 0.15) is 18.2 Å². The van der Waals surface area contributed by atoms with Gasteiger partial charge in [0.25, 0.3) is 5.91 Å². The number of methoxy groups -OCH3 is 1. The molecular weight excluding hydrogens is 462 g/mol. The highest BCUT2D eigenvalue weighted by molar-refractivity contribution is 8.05. The molecule has 7 nitrogen and oxygen atoms in total. The van der Waals surface area contributed by atoms with Gasteiger partial charge in [-0.1, -0.05) is 41.6 Å². The number of fused-ring (bicyclic) bond motifs is 1. The molecule has 1 saturated heterocycles. The van der Waals surface area contributed by atoms with E-state index in [-0.39, 0.29) is 23.9 Å². The zero-order valence-corrected chi connectivity index (χ0v) is 20.0. The van der Waals surface area contributed by atoms with E-state index >= 15 is 0 Å². The Morgan fingerprint density at radius 3 is 2.85 bits per heavy atom. The van der Waals surface area contributed by atoms with Crippen LogP contribution in [0.2, 0.25) is 5.02 Å². The number of hydrogen-bond acceptors (Lipinski definition) is 6. The number of ether oxygens (including phenoxy) is 2. The van der Waals surface area contributed by atoms with Crippen molar-refractivity contribution in [2.24, 2.45) is 0 Å². The second kappa shape index (κ2) is 9.80. The van der Waals surface area contributed by atoms with Gasteiger partial charge in [-0.15, -0.1) is 0 Å². The number of carbonyl (C=O) groups excluding carboxylic acids is 2. The summed E-state index contributed by atoms with van der Waals surface area (Å²) in [7, 11) is 1.58. The molecule has 1 aliphatic rings. The molecule has 1 aromatic heterocycles. The fraction of sp³-hybridized carbons (Fsp3) is 0.250. The van der Waals surface area contributed by atoms with E-state index in [0.717, 1.165) is 22.2 Å². The molecule has 1 unspecified atom stereocenters. The van der Waals surface area contributed by atoms with Crippen molar-refractivity contribution in [2.45, 2.75) is 25.9 Å². The number of benzene rings is 2. The molecule has 0 spiro atoms. The van der Waals surface area contributed by atoms with Crippen molar-refractivity contribution in [1.29, 1.82) is 0 Å². The molecule has 33 heavy (non-hydrogen) atoms. The van der Waals surface area contributed by atoms with Gasteiger partial charge in [-0.2, -0.15) is 0 Å². The summed E-state index contributed by atoms with van der Waals surface area (Å²) in [6.07, 6.45) is 1.87. The normalized spacial score (nSPS) is 16.8. The maximum atomic E-state index is 12.7. The number of halogens is 1. The second-order valence-corrected chi connectivity index (χ2v) is 8.96. The van der Waals surface area contributed by atoms with E-state index in [4.69, 9.17) is 21.1 Å². The van der Waals surface area contributed by atoms with E-state index in [9.17, 15) is 9.59 Å². The van der Waals surface area contributed by atoms with E-state index in [1.54, 1.807) is 32.2 Å². The third-order valence-corrected chi connectivity index (χ3v) is 6.59. The van der Waals surface area contributed by atoms with Crippen LogP contribution in [0.3, 0.4) is 0 Å². The van der Waals surface area contributed by atoms with E-state index in [0.29, 0.717) is 28.0 Å². The lowest BCUT2D eigenvalue weighted by atomic mass is 10.1. The number of rotatable bonds is 7. The van der Waals surface area contributed by atoms with Crippen LogP contribution in [0.5, 0.6) is 5.75 Å². The van der Waals surface area contributed by atoms with Crippen LogP contribution in [0, 0.1) is 6.92 Å². The molecule has 0 bridgehead atoms. The molecule has 3 aromatic rings. The van der Waals surface area contributed by atoms with Gasteiger partial charge in [0.05, 0.1) is 24.3 Å². The third kappa shape index (κ3) is 4.82. The summed E-state index contributed by atoms with van der Waals surface area (Å²) in [4.78, 5) is 25.5. The predicted octanol–water partition coefficient (Wildman–Crippen LogP) is 4.77.